The molecule has 0 spiro atoms. The van der Waals surface area contributed by atoms with Gasteiger partial charge in [0.2, 0.25) is 0 Å². The van der Waals surface area contributed by atoms with Gasteiger partial charge in [0.1, 0.15) is 0 Å². The number of carbonyl (C=O) groups is 3. The number of Topliss-reactive ketones (excluding diaryl/α,β-unsaturated/α-hetero) is 2. The average Bonchev–Trinajstić information content (AvgIpc) is 3.88. The Hall–Kier alpha value is -2.21. The summed E-state index contributed by atoms with van der Waals surface area (Å²) >= 11 is 0. The molecule has 12 atom stereocenters. The van der Waals surface area contributed by atoms with E-state index in [0.29, 0.717) is 41.8 Å². The van der Waals surface area contributed by atoms with Crippen molar-refractivity contribution in [2.24, 2.45) is 47.3 Å². The Morgan fingerprint density at radius 3 is 2.69 bits per heavy atom. The zero-order chi connectivity index (χ0) is 38.2. The van der Waals surface area contributed by atoms with E-state index in [1.807, 2.05) is 14.0 Å². The number of nitrogens with one attached hydrogen (secondary N) is 4. The highest BCUT2D eigenvalue weighted by Crippen LogP contribution is 2.63. The molecule has 0 aromatic heterocycles. The van der Waals surface area contributed by atoms with Gasteiger partial charge < -0.3 is 30.5 Å². The van der Waals surface area contributed by atoms with Gasteiger partial charge in [-0.3, -0.25) is 14.9 Å². The summed E-state index contributed by atoms with van der Waals surface area (Å²) in [6, 6.07) is 0.0527. The lowest BCUT2D eigenvalue weighted by Crippen LogP contribution is -2.62. The molecule has 0 aromatic rings. The van der Waals surface area contributed by atoms with Crippen molar-refractivity contribution >= 4 is 17.5 Å². The van der Waals surface area contributed by atoms with Crippen LogP contribution >= 0.6 is 0 Å². The highest BCUT2D eigenvalue weighted by molar-refractivity contribution is 6.23. The number of epoxide rings is 1. The minimum atomic E-state index is -1.95. The number of hydrogen-bond donors (Lipinski definition) is 5. The van der Waals surface area contributed by atoms with Gasteiger partial charge in [-0.15, -0.1) is 0 Å². The molecule has 5 N–H and O–H groups in total. The van der Waals surface area contributed by atoms with Gasteiger partial charge in [0.25, 0.3) is 5.60 Å². The van der Waals surface area contributed by atoms with Crippen molar-refractivity contribution in [3.05, 3.63) is 34.9 Å². The Labute approximate surface area is 323 Å². The topological polar surface area (TPSA) is 141 Å². The standard InChI is InChI=1S/C44H68N4O6/c1-6-46-36-22-30-11-8-7-10-29(30)21-32(36)25-53-42(52)44-40(51)38-31(20-26(2)3)12-9-13-35(38)39(50)43(44,54-44)23-33(24-49)27(4)14-15-28-18-19-47-41-34(28)16-17-37(45-5)48-41/h8,11,22,26,28-29,31-32,34-38,41,45-49H,6-7,9-10,12-21,23-25H2,1-5H3. The third-order valence-electron chi connectivity index (χ3n) is 14.7. The first-order valence-corrected chi connectivity index (χ1v) is 21.6. The Morgan fingerprint density at radius 2 is 1.93 bits per heavy atom. The molecule has 7 rings (SSSR count). The minimum Gasteiger partial charge on any atom is -0.463 e. The number of aliphatic hydroxyl groups is 1. The maximum absolute atomic E-state index is 15.0. The molecule has 0 radical (unpaired) electrons. The number of hydrogen-bond acceptors (Lipinski definition) is 10. The van der Waals surface area contributed by atoms with Gasteiger partial charge in [0, 0.05) is 30.2 Å². The number of likely N-dealkylation sites (N-methyl/N-ethyl adjacent to an activating group) is 1. The van der Waals surface area contributed by atoms with Crippen molar-refractivity contribution < 1.29 is 29.0 Å². The predicted molar refractivity (Wildman–Crippen MR) is 209 cm³/mol. The van der Waals surface area contributed by atoms with E-state index in [-0.39, 0.29) is 55.2 Å². The summed E-state index contributed by atoms with van der Waals surface area (Å²) in [4.78, 5) is 44.4. The van der Waals surface area contributed by atoms with Gasteiger partial charge in [-0.25, -0.2) is 4.79 Å². The molecule has 0 bridgehead atoms. The van der Waals surface area contributed by atoms with Crippen LogP contribution in [0.1, 0.15) is 111 Å². The van der Waals surface area contributed by atoms with Crippen LogP contribution in [-0.2, 0) is 23.9 Å². The number of allylic oxidation sites excluding steroid dienone is 4. The minimum absolute atomic E-state index is 0.0348. The van der Waals surface area contributed by atoms with Crippen LogP contribution in [0.3, 0.4) is 0 Å². The normalized spacial score (nSPS) is 40.5. The second kappa shape index (κ2) is 16.7. The number of rotatable bonds is 14. The monoisotopic (exact) mass is 749 g/mol. The van der Waals surface area contributed by atoms with Crippen LogP contribution in [0.25, 0.3) is 0 Å². The molecule has 7 aliphatic rings. The molecule has 2 saturated carbocycles. The van der Waals surface area contributed by atoms with Crippen LogP contribution < -0.4 is 21.3 Å². The molecule has 3 saturated heterocycles. The maximum atomic E-state index is 15.0. The molecule has 3 aliphatic heterocycles. The number of fused-ring (bicyclic) bond motifs is 4. The summed E-state index contributed by atoms with van der Waals surface area (Å²) in [5.41, 5.74) is -0.480. The molecule has 300 valence electrons. The lowest BCUT2D eigenvalue weighted by atomic mass is 9.56. The Kier molecular flexibility index (Phi) is 12.4. The summed E-state index contributed by atoms with van der Waals surface area (Å²) in [6.07, 6.45) is 18.8. The van der Waals surface area contributed by atoms with E-state index in [2.05, 4.69) is 60.3 Å². The molecule has 0 aromatic carbocycles. The van der Waals surface area contributed by atoms with Crippen LogP contribution in [0, 0.1) is 47.3 Å². The van der Waals surface area contributed by atoms with Gasteiger partial charge in [0.05, 0.1) is 25.5 Å². The summed E-state index contributed by atoms with van der Waals surface area (Å²) in [5.74, 6) is -0.140. The lowest BCUT2D eigenvalue weighted by Gasteiger charge is -2.45. The number of esters is 1. The van der Waals surface area contributed by atoms with Crippen LogP contribution in [0.2, 0.25) is 0 Å². The average molecular weight is 749 g/mol. The lowest BCUT2D eigenvalue weighted by molar-refractivity contribution is -0.161. The first kappa shape index (κ1) is 40.0. The fourth-order valence-electron chi connectivity index (χ4n) is 11.8. The molecule has 5 fully saturated rings. The molecule has 12 unspecified atom stereocenters. The summed E-state index contributed by atoms with van der Waals surface area (Å²) in [6.45, 7) is 10.1. The SMILES string of the molecule is CCNC1C=C2C=CCCC2CC1COC(=O)C12OC1(CC(CO)=C(C)CCC1CCNC3NC(NC)CCC13)C(=O)C1CCCC(CC(C)C)C1C2=O. The zero-order valence-corrected chi connectivity index (χ0v) is 33.6. The molecule has 3 heterocycles. The van der Waals surface area contributed by atoms with Crippen LogP contribution in [0.5, 0.6) is 0 Å². The number of carbonyl (C=O) groups excluding carboxylic acids is 3. The number of piperidine rings is 2. The second-order valence-electron chi connectivity index (χ2n) is 18.3. The van der Waals surface area contributed by atoms with Gasteiger partial charge in [-0.2, -0.15) is 0 Å². The van der Waals surface area contributed by atoms with Crippen LogP contribution in [0.4, 0.5) is 0 Å². The molecule has 54 heavy (non-hydrogen) atoms. The van der Waals surface area contributed by atoms with Gasteiger partial charge >= 0.3 is 5.97 Å². The summed E-state index contributed by atoms with van der Waals surface area (Å²) < 4.78 is 12.7. The zero-order valence-electron chi connectivity index (χ0n) is 33.6. The quantitative estimate of drug-likeness (QED) is 0.0704. The number of aliphatic hydroxyl groups excluding tert-OH is 1. The van der Waals surface area contributed by atoms with Crippen LogP contribution in [0.15, 0.2) is 34.9 Å². The third-order valence-corrected chi connectivity index (χ3v) is 14.7. The molecule has 0 amide bonds. The van der Waals surface area contributed by atoms with Gasteiger partial charge in [0.15, 0.2) is 17.2 Å². The van der Waals surface area contributed by atoms with E-state index < -0.39 is 29.0 Å². The fourth-order valence-corrected chi connectivity index (χ4v) is 11.8. The van der Waals surface area contributed by atoms with Crippen molar-refractivity contribution in [1.29, 1.82) is 0 Å². The van der Waals surface area contributed by atoms with E-state index in [1.54, 1.807) is 0 Å². The first-order valence-electron chi connectivity index (χ1n) is 21.6. The van der Waals surface area contributed by atoms with E-state index in [9.17, 15) is 19.5 Å². The van der Waals surface area contributed by atoms with Crippen LogP contribution in [-0.4, -0.2) is 85.6 Å². The third kappa shape index (κ3) is 7.37. The van der Waals surface area contributed by atoms with Crippen molar-refractivity contribution in [1.82, 2.24) is 21.3 Å². The fraction of sp³-hybridized carbons (Fsp3) is 0.795. The highest BCUT2D eigenvalue weighted by atomic mass is 16.7. The van der Waals surface area contributed by atoms with Gasteiger partial charge in [-0.1, -0.05) is 51.0 Å². The molecule has 4 aliphatic carbocycles. The van der Waals surface area contributed by atoms with E-state index >= 15 is 0 Å². The summed E-state index contributed by atoms with van der Waals surface area (Å²) in [5, 5.41) is 25.2. The number of ether oxygens (including phenoxy) is 2. The molecular weight excluding hydrogens is 681 g/mol. The molecule has 10 heteroatoms. The molecular formula is C44H68N4O6. The van der Waals surface area contributed by atoms with Crippen molar-refractivity contribution in [3.8, 4) is 0 Å². The number of ketones is 2. The summed E-state index contributed by atoms with van der Waals surface area (Å²) in [7, 11) is 2.00. The predicted octanol–water partition coefficient (Wildman–Crippen LogP) is 5.12. The van der Waals surface area contributed by atoms with Gasteiger partial charge in [-0.05, 0) is 138 Å². The Bertz CT molecular complexity index is 1510. The largest absolute Gasteiger partial charge is 0.463 e. The van der Waals surface area contributed by atoms with Crippen molar-refractivity contribution in [2.45, 2.75) is 141 Å². The Morgan fingerprint density at radius 1 is 1.09 bits per heavy atom. The maximum Gasteiger partial charge on any atom is 0.350 e. The first-order chi connectivity index (χ1) is 26.1. The second-order valence-corrected chi connectivity index (χ2v) is 18.3. The smallest absolute Gasteiger partial charge is 0.350 e. The van der Waals surface area contributed by atoms with E-state index in [1.165, 1.54) is 5.57 Å². The van der Waals surface area contributed by atoms with E-state index in [4.69, 9.17) is 9.47 Å². The highest BCUT2D eigenvalue weighted by Gasteiger charge is 2.87. The van der Waals surface area contributed by atoms with Crippen molar-refractivity contribution in [2.75, 3.05) is 33.4 Å². The molecule has 10 nitrogen and oxygen atoms in total. The van der Waals surface area contributed by atoms with E-state index in [0.717, 1.165) is 89.3 Å². The van der Waals surface area contributed by atoms with Crippen molar-refractivity contribution in [3.63, 3.8) is 0 Å². The Balaban J connectivity index is 1.13.